The van der Waals surface area contributed by atoms with E-state index in [0.29, 0.717) is 26.2 Å². The number of imidazole rings is 1. The van der Waals surface area contributed by atoms with Gasteiger partial charge in [0.1, 0.15) is 6.54 Å². The number of nitrogens with zero attached hydrogens (tertiary/aromatic N) is 4. The summed E-state index contributed by atoms with van der Waals surface area (Å²) in [5.74, 6) is -0.0964. The lowest BCUT2D eigenvalue weighted by molar-refractivity contribution is -0.121. The van der Waals surface area contributed by atoms with Crippen LogP contribution in [0.15, 0.2) is 18.7 Å². The number of nitrogens with one attached hydrogen (secondary N) is 1. The van der Waals surface area contributed by atoms with Gasteiger partial charge >= 0.3 is 0 Å². The van der Waals surface area contributed by atoms with E-state index in [1.165, 1.54) is 0 Å². The third-order valence-corrected chi connectivity index (χ3v) is 5.28. The highest BCUT2D eigenvalue weighted by Crippen LogP contribution is 2.45. The van der Waals surface area contributed by atoms with Crippen LogP contribution in [0.25, 0.3) is 0 Å². The van der Waals surface area contributed by atoms with Crippen molar-refractivity contribution in [1.29, 1.82) is 5.26 Å². The summed E-state index contributed by atoms with van der Waals surface area (Å²) in [6, 6.07) is 2.58. The van der Waals surface area contributed by atoms with Gasteiger partial charge < -0.3 is 18.9 Å². The Bertz CT molecular complexity index is 522. The van der Waals surface area contributed by atoms with Gasteiger partial charge in [-0.3, -0.25) is 4.79 Å². The molecule has 0 spiro atoms. The molecule has 0 fully saturated rings. The third kappa shape index (κ3) is 8.41. The van der Waals surface area contributed by atoms with E-state index in [1.807, 2.05) is 0 Å². The molecule has 1 aromatic rings. The summed E-state index contributed by atoms with van der Waals surface area (Å²) in [5, 5.41) is 11.5. The molecule has 0 aliphatic carbocycles. The molecule has 0 aromatic carbocycles. The highest BCUT2D eigenvalue weighted by molar-refractivity contribution is 7.44. The van der Waals surface area contributed by atoms with Crippen molar-refractivity contribution < 1.29 is 13.8 Å². The van der Waals surface area contributed by atoms with Crippen molar-refractivity contribution in [2.45, 2.75) is 52.7 Å². The average Bonchev–Trinajstić information content (AvgIpc) is 3.03. The van der Waals surface area contributed by atoms with Crippen molar-refractivity contribution >= 4 is 14.4 Å². The van der Waals surface area contributed by atoms with Crippen molar-refractivity contribution in [2.24, 2.45) is 0 Å². The fraction of sp³-hybridized carbons (Fsp3) is 0.688. The van der Waals surface area contributed by atoms with Gasteiger partial charge in [0.2, 0.25) is 5.91 Å². The minimum absolute atomic E-state index is 0.0964. The van der Waals surface area contributed by atoms with Crippen LogP contribution in [0.3, 0.4) is 0 Å². The van der Waals surface area contributed by atoms with E-state index in [2.05, 4.69) is 48.7 Å². The lowest BCUT2D eigenvalue weighted by atomic mass is 10.3. The first-order valence-electron chi connectivity index (χ1n) is 8.39. The average molecular weight is 369 g/mol. The zero-order valence-electron chi connectivity index (χ0n) is 15.4. The molecule has 9 heteroatoms. The first-order chi connectivity index (χ1) is 12.0. The molecule has 0 saturated carbocycles. The fourth-order valence-electron chi connectivity index (χ4n) is 2.23. The summed E-state index contributed by atoms with van der Waals surface area (Å²) in [6.45, 7) is 9.65. The maximum absolute atomic E-state index is 11.8. The maximum atomic E-state index is 11.8. The van der Waals surface area contributed by atoms with Gasteiger partial charge in [0, 0.05) is 31.0 Å². The molecule has 1 rings (SSSR count). The smallest absolute Gasteiger partial charge is 0.259 e. The van der Waals surface area contributed by atoms with Crippen LogP contribution < -0.4 is 5.32 Å². The third-order valence-electron chi connectivity index (χ3n) is 3.17. The fourth-order valence-corrected chi connectivity index (χ4v) is 3.82. The van der Waals surface area contributed by atoms with Gasteiger partial charge in [-0.15, -0.1) is 0 Å². The molecular formula is C16H28N5O3P. The monoisotopic (exact) mass is 369 g/mol. The van der Waals surface area contributed by atoms with Crippen molar-refractivity contribution in [1.82, 2.24) is 19.5 Å². The lowest BCUT2D eigenvalue weighted by Gasteiger charge is -2.35. The van der Waals surface area contributed by atoms with Crippen LogP contribution >= 0.6 is 8.53 Å². The van der Waals surface area contributed by atoms with Gasteiger partial charge in [-0.25, -0.2) is 9.65 Å². The molecule has 0 radical (unpaired) electrons. The molecule has 1 N–H and O–H groups in total. The summed E-state index contributed by atoms with van der Waals surface area (Å²) >= 11 is 0. The molecule has 1 amide bonds. The zero-order chi connectivity index (χ0) is 18.7. The van der Waals surface area contributed by atoms with Crippen molar-refractivity contribution in [3.63, 3.8) is 0 Å². The number of amides is 1. The van der Waals surface area contributed by atoms with Gasteiger partial charge in [-0.05, 0) is 27.7 Å². The van der Waals surface area contributed by atoms with E-state index in [9.17, 15) is 4.79 Å². The van der Waals surface area contributed by atoms with Crippen LogP contribution in [0, 0.1) is 11.3 Å². The van der Waals surface area contributed by atoms with Gasteiger partial charge in [0.05, 0.1) is 32.0 Å². The Morgan fingerprint density at radius 3 is 2.56 bits per heavy atom. The Kier molecular flexibility index (Phi) is 10.3. The lowest BCUT2D eigenvalue weighted by Crippen LogP contribution is -2.35. The number of carbonyl (C=O) groups is 1. The normalized spacial score (nSPS) is 12.6. The van der Waals surface area contributed by atoms with Crippen LogP contribution in [0.2, 0.25) is 0 Å². The molecule has 0 aliphatic rings. The van der Waals surface area contributed by atoms with Crippen molar-refractivity contribution in [3.8, 4) is 6.07 Å². The summed E-state index contributed by atoms with van der Waals surface area (Å²) < 4.78 is 15.5. The molecular weight excluding hydrogens is 341 g/mol. The van der Waals surface area contributed by atoms with Crippen LogP contribution in [0.5, 0.6) is 0 Å². The van der Waals surface area contributed by atoms with E-state index < -0.39 is 8.53 Å². The Morgan fingerprint density at radius 2 is 2.00 bits per heavy atom. The van der Waals surface area contributed by atoms with E-state index in [4.69, 9.17) is 14.3 Å². The molecule has 25 heavy (non-hydrogen) atoms. The first-order valence-corrected chi connectivity index (χ1v) is 9.52. The van der Waals surface area contributed by atoms with Crippen LogP contribution in [-0.4, -0.2) is 52.0 Å². The molecule has 0 bridgehead atoms. The van der Waals surface area contributed by atoms with Gasteiger partial charge in [-0.1, -0.05) is 0 Å². The number of nitriles is 1. The highest BCUT2D eigenvalue weighted by Gasteiger charge is 2.26. The number of hydrogen-bond donors (Lipinski definition) is 1. The SMILES string of the molecule is CC(C)N(C(C)C)P(OCCC#N)OCCNC(=O)Cn1ccnc1. The Morgan fingerprint density at radius 1 is 1.32 bits per heavy atom. The summed E-state index contributed by atoms with van der Waals surface area (Å²) in [5.41, 5.74) is 0. The van der Waals surface area contributed by atoms with Gasteiger partial charge in [0.25, 0.3) is 8.53 Å². The van der Waals surface area contributed by atoms with Crippen LogP contribution in [-0.2, 0) is 20.4 Å². The molecule has 1 unspecified atom stereocenters. The minimum atomic E-state index is -1.27. The first kappa shape index (κ1) is 21.5. The highest BCUT2D eigenvalue weighted by atomic mass is 31.2. The number of rotatable bonds is 12. The van der Waals surface area contributed by atoms with E-state index in [1.54, 1.807) is 23.3 Å². The van der Waals surface area contributed by atoms with E-state index in [-0.39, 0.29) is 24.5 Å². The number of aromatic nitrogens is 2. The maximum Gasteiger partial charge on any atom is 0.259 e. The van der Waals surface area contributed by atoms with Crippen LogP contribution in [0.1, 0.15) is 34.1 Å². The summed E-state index contributed by atoms with van der Waals surface area (Å²) in [6.07, 6.45) is 5.30. The minimum Gasteiger partial charge on any atom is -0.352 e. The predicted octanol–water partition coefficient (Wildman–Crippen LogP) is 2.29. The van der Waals surface area contributed by atoms with Crippen LogP contribution in [0.4, 0.5) is 0 Å². The summed E-state index contributed by atoms with van der Waals surface area (Å²) in [4.78, 5) is 15.7. The zero-order valence-corrected chi connectivity index (χ0v) is 16.3. The molecule has 8 nitrogen and oxygen atoms in total. The molecule has 1 atom stereocenters. The largest absolute Gasteiger partial charge is 0.352 e. The Balaban J connectivity index is 2.42. The molecule has 1 aromatic heterocycles. The predicted molar refractivity (Wildman–Crippen MR) is 96.4 cm³/mol. The molecule has 1 heterocycles. The Labute approximate surface area is 151 Å². The van der Waals surface area contributed by atoms with E-state index in [0.717, 1.165) is 0 Å². The number of carbonyl (C=O) groups excluding carboxylic acids is 1. The molecule has 0 saturated heterocycles. The second kappa shape index (κ2) is 11.9. The topological polar surface area (TPSA) is 92.4 Å². The van der Waals surface area contributed by atoms with E-state index >= 15 is 0 Å². The Hall–Kier alpha value is -1.52. The number of hydrogen-bond acceptors (Lipinski definition) is 6. The quantitative estimate of drug-likeness (QED) is 0.449. The second-order valence-electron chi connectivity index (χ2n) is 5.96. The van der Waals surface area contributed by atoms with Crippen molar-refractivity contribution in [3.05, 3.63) is 18.7 Å². The molecule has 0 aliphatic heterocycles. The van der Waals surface area contributed by atoms with Crippen molar-refractivity contribution in [2.75, 3.05) is 19.8 Å². The second-order valence-corrected chi connectivity index (χ2v) is 7.42. The standard InChI is InChI=1S/C16H28N5O3P/c1-14(2)21(15(3)4)25(23-10-5-6-17)24-11-8-19-16(22)12-20-9-7-18-13-20/h7,9,13-15H,5,8,10-12H2,1-4H3,(H,19,22). The molecule has 140 valence electrons. The van der Waals surface area contributed by atoms with Gasteiger partial charge in [-0.2, -0.15) is 5.26 Å². The van der Waals surface area contributed by atoms with Gasteiger partial charge in [0.15, 0.2) is 0 Å². The summed E-state index contributed by atoms with van der Waals surface area (Å²) in [7, 11) is -1.27.